The number of hydrogen-bond donors (Lipinski definition) is 0. The fourth-order valence-electron chi connectivity index (χ4n) is 3.17. The van der Waals surface area contributed by atoms with E-state index in [1.807, 2.05) is 6.07 Å². The molecule has 0 amide bonds. The lowest BCUT2D eigenvalue weighted by atomic mass is 9.82. The average Bonchev–Trinajstić information content (AvgIpc) is 2.64. The van der Waals surface area contributed by atoms with E-state index in [1.165, 1.54) is 0 Å². The summed E-state index contributed by atoms with van der Waals surface area (Å²) in [6.07, 6.45) is 5.36. The molecule has 0 spiro atoms. The average molecular weight is 334 g/mol. The van der Waals surface area contributed by atoms with E-state index >= 15 is 0 Å². The zero-order valence-electron chi connectivity index (χ0n) is 14.5. The molecule has 25 heavy (non-hydrogen) atoms. The predicted molar refractivity (Wildman–Crippen MR) is 98.7 cm³/mol. The Labute approximate surface area is 148 Å². The summed E-state index contributed by atoms with van der Waals surface area (Å²) in [5, 5.41) is 0. The van der Waals surface area contributed by atoms with Gasteiger partial charge in [0, 0.05) is 16.7 Å². The van der Waals surface area contributed by atoms with Gasteiger partial charge >= 0.3 is 0 Å². The van der Waals surface area contributed by atoms with Gasteiger partial charge < -0.3 is 4.74 Å². The quantitative estimate of drug-likeness (QED) is 0.462. The highest BCUT2D eigenvalue weighted by Gasteiger charge is 2.33. The van der Waals surface area contributed by atoms with Crippen LogP contribution in [0.3, 0.4) is 0 Å². The summed E-state index contributed by atoms with van der Waals surface area (Å²) in [5.74, 6) is 0.332. The van der Waals surface area contributed by atoms with E-state index < -0.39 is 0 Å². The number of aryl methyl sites for hydroxylation is 1. The van der Waals surface area contributed by atoms with Crippen molar-refractivity contribution in [3.8, 4) is 5.75 Å². The summed E-state index contributed by atoms with van der Waals surface area (Å²) in [6.45, 7) is 6.28. The van der Waals surface area contributed by atoms with E-state index in [2.05, 4.69) is 13.5 Å². The zero-order chi connectivity index (χ0) is 17.8. The Morgan fingerprint density at radius 1 is 1.00 bits per heavy atom. The molecule has 0 saturated heterocycles. The Balaban J connectivity index is 2.12. The lowest BCUT2D eigenvalue weighted by Gasteiger charge is -2.22. The molecular weight excluding hydrogens is 312 g/mol. The zero-order valence-corrected chi connectivity index (χ0v) is 14.5. The molecule has 0 heterocycles. The van der Waals surface area contributed by atoms with Gasteiger partial charge in [-0.25, -0.2) is 0 Å². The number of benzene rings is 2. The third-order valence-electron chi connectivity index (χ3n) is 4.50. The van der Waals surface area contributed by atoms with Gasteiger partial charge in [-0.15, -0.1) is 6.58 Å². The molecule has 2 aromatic rings. The van der Waals surface area contributed by atoms with Crippen LogP contribution >= 0.6 is 0 Å². The molecule has 0 radical (unpaired) electrons. The molecule has 0 bridgehead atoms. The topological polar surface area (TPSA) is 43.4 Å². The molecule has 0 N–H and O–H groups in total. The fourth-order valence-corrected chi connectivity index (χ4v) is 3.17. The minimum atomic E-state index is -0.128. The van der Waals surface area contributed by atoms with Crippen LogP contribution in [0.4, 0.5) is 0 Å². The molecule has 0 atom stereocenters. The van der Waals surface area contributed by atoms with Crippen LogP contribution in [0, 0.1) is 0 Å². The summed E-state index contributed by atoms with van der Waals surface area (Å²) in [4.78, 5) is 25.9. The van der Waals surface area contributed by atoms with Gasteiger partial charge in [-0.1, -0.05) is 49.8 Å². The van der Waals surface area contributed by atoms with Gasteiger partial charge in [0.05, 0.1) is 12.2 Å². The Hall–Kier alpha value is -2.68. The monoisotopic (exact) mass is 334 g/mol. The standard InChI is InChI=1S/C22H22O3/c1-3-5-9-15-12-13-18-19(22(15)25-14-6-4-2)21(24)17-11-8-7-10-16(17)20(18)23/h4,7-8,10-13H,2-3,5-6,9,14H2,1H3. The Morgan fingerprint density at radius 2 is 1.72 bits per heavy atom. The van der Waals surface area contributed by atoms with Crippen LogP contribution in [-0.4, -0.2) is 18.2 Å². The Bertz CT molecular complexity index is 833. The first-order valence-electron chi connectivity index (χ1n) is 8.77. The number of rotatable bonds is 7. The first-order chi connectivity index (χ1) is 12.2. The summed E-state index contributed by atoms with van der Waals surface area (Å²) < 4.78 is 5.96. The van der Waals surface area contributed by atoms with Gasteiger partial charge in [-0.2, -0.15) is 0 Å². The number of ether oxygens (including phenoxy) is 1. The van der Waals surface area contributed by atoms with E-state index in [9.17, 15) is 9.59 Å². The van der Waals surface area contributed by atoms with Crippen molar-refractivity contribution in [2.24, 2.45) is 0 Å². The molecule has 0 aliphatic heterocycles. The molecule has 0 fully saturated rings. The third-order valence-corrected chi connectivity index (χ3v) is 4.50. The van der Waals surface area contributed by atoms with E-state index in [-0.39, 0.29) is 11.6 Å². The van der Waals surface area contributed by atoms with Crippen LogP contribution in [-0.2, 0) is 6.42 Å². The highest BCUT2D eigenvalue weighted by atomic mass is 16.5. The second-order valence-corrected chi connectivity index (χ2v) is 6.21. The largest absolute Gasteiger partial charge is 0.492 e. The fraction of sp³-hybridized carbons (Fsp3) is 0.273. The molecular formula is C22H22O3. The van der Waals surface area contributed by atoms with E-state index in [4.69, 9.17) is 4.74 Å². The normalized spacial score (nSPS) is 12.5. The smallest absolute Gasteiger partial charge is 0.198 e. The number of carbonyl (C=O) groups is 2. The first-order valence-corrected chi connectivity index (χ1v) is 8.77. The maximum Gasteiger partial charge on any atom is 0.198 e. The van der Waals surface area contributed by atoms with E-state index in [0.29, 0.717) is 41.0 Å². The molecule has 0 aromatic heterocycles. The van der Waals surface area contributed by atoms with Crippen molar-refractivity contribution >= 4 is 11.6 Å². The number of carbonyl (C=O) groups excluding carboxylic acids is 2. The van der Waals surface area contributed by atoms with Crippen molar-refractivity contribution in [3.63, 3.8) is 0 Å². The van der Waals surface area contributed by atoms with Crippen molar-refractivity contribution in [1.29, 1.82) is 0 Å². The van der Waals surface area contributed by atoms with Crippen LogP contribution < -0.4 is 4.74 Å². The number of fused-ring (bicyclic) bond motifs is 2. The summed E-state index contributed by atoms with van der Waals surface area (Å²) in [6, 6.07) is 10.7. The van der Waals surface area contributed by atoms with Gasteiger partial charge in [0.25, 0.3) is 0 Å². The second-order valence-electron chi connectivity index (χ2n) is 6.21. The summed E-state index contributed by atoms with van der Waals surface area (Å²) in [7, 11) is 0. The minimum Gasteiger partial charge on any atom is -0.492 e. The van der Waals surface area contributed by atoms with Crippen LogP contribution in [0.5, 0.6) is 5.75 Å². The van der Waals surface area contributed by atoms with Crippen molar-refractivity contribution < 1.29 is 14.3 Å². The molecule has 3 rings (SSSR count). The van der Waals surface area contributed by atoms with Crippen molar-refractivity contribution in [2.45, 2.75) is 32.6 Å². The highest BCUT2D eigenvalue weighted by molar-refractivity contribution is 6.29. The van der Waals surface area contributed by atoms with Crippen LogP contribution in [0.1, 0.15) is 63.6 Å². The van der Waals surface area contributed by atoms with Gasteiger partial charge in [0.2, 0.25) is 0 Å². The van der Waals surface area contributed by atoms with E-state index in [1.54, 1.807) is 36.4 Å². The van der Waals surface area contributed by atoms with Crippen LogP contribution in [0.15, 0.2) is 49.1 Å². The van der Waals surface area contributed by atoms with Crippen LogP contribution in [0.25, 0.3) is 0 Å². The molecule has 0 unspecified atom stereocenters. The lowest BCUT2D eigenvalue weighted by Crippen LogP contribution is -2.22. The minimum absolute atomic E-state index is 0.110. The molecule has 1 aliphatic carbocycles. The van der Waals surface area contributed by atoms with Crippen LogP contribution in [0.2, 0.25) is 0 Å². The molecule has 128 valence electrons. The Kier molecular flexibility index (Phi) is 5.13. The molecule has 0 saturated carbocycles. The number of hydrogen-bond acceptors (Lipinski definition) is 3. The highest BCUT2D eigenvalue weighted by Crippen LogP contribution is 2.36. The van der Waals surface area contributed by atoms with Gasteiger partial charge in [-0.05, 0) is 30.9 Å². The van der Waals surface area contributed by atoms with E-state index in [0.717, 1.165) is 24.8 Å². The van der Waals surface area contributed by atoms with Crippen molar-refractivity contribution in [2.75, 3.05) is 6.61 Å². The van der Waals surface area contributed by atoms with Gasteiger partial charge in [0.1, 0.15) is 5.75 Å². The molecule has 1 aliphatic rings. The third kappa shape index (κ3) is 3.14. The SMILES string of the molecule is C=CCCOc1c(CCCC)ccc2c1C(=O)c1ccccc1C2=O. The van der Waals surface area contributed by atoms with Crippen molar-refractivity contribution in [3.05, 3.63) is 76.9 Å². The molecule has 3 heteroatoms. The summed E-state index contributed by atoms with van der Waals surface area (Å²) in [5.41, 5.74) is 2.78. The summed E-state index contributed by atoms with van der Waals surface area (Å²) >= 11 is 0. The Morgan fingerprint density at radius 3 is 2.40 bits per heavy atom. The van der Waals surface area contributed by atoms with Gasteiger partial charge in [-0.3, -0.25) is 9.59 Å². The first kappa shape index (κ1) is 17.2. The number of unbranched alkanes of at least 4 members (excludes halogenated alkanes) is 1. The number of ketones is 2. The maximum absolute atomic E-state index is 13.1. The predicted octanol–water partition coefficient (Wildman–Crippen LogP) is 4.76. The molecule has 2 aromatic carbocycles. The lowest BCUT2D eigenvalue weighted by molar-refractivity contribution is 0.0975. The maximum atomic E-state index is 13.1. The molecule has 3 nitrogen and oxygen atoms in total. The van der Waals surface area contributed by atoms with Crippen molar-refractivity contribution in [1.82, 2.24) is 0 Å². The second kappa shape index (κ2) is 7.47. The van der Waals surface area contributed by atoms with Gasteiger partial charge in [0.15, 0.2) is 11.6 Å².